The lowest BCUT2D eigenvalue weighted by atomic mass is 10.0. The number of hydrogen-bond acceptors (Lipinski definition) is 5. The molecular weight excluding hydrogens is 514 g/mol. The minimum absolute atomic E-state index is 0.112. The van der Waals surface area contributed by atoms with Gasteiger partial charge in [0.2, 0.25) is 5.91 Å². The molecule has 2 aromatic heterocycles. The largest absolute Gasteiger partial charge is 0.494 e. The Hall–Kier alpha value is -4.70. The quantitative estimate of drug-likeness (QED) is 0.264. The van der Waals surface area contributed by atoms with Crippen molar-refractivity contribution >= 4 is 40.6 Å². The molecule has 198 valence electrons. The van der Waals surface area contributed by atoms with Gasteiger partial charge in [-0.25, -0.2) is 4.79 Å². The Bertz CT molecular complexity index is 1520. The first-order chi connectivity index (χ1) is 18.9. The SMILES string of the molecule is CCC(=O)Nc1ccc(N2C(=S)N[C@H](c3ccccn3)[C@H]2c2cccn2-c2ccc(C(=O)O)cc2)cc1OC. The summed E-state index contributed by atoms with van der Waals surface area (Å²) in [5.41, 5.74) is 4.12. The zero-order chi connectivity index (χ0) is 27.5. The van der Waals surface area contributed by atoms with Crippen molar-refractivity contribution in [3.05, 3.63) is 102 Å². The standard InChI is InChI=1S/C29H27N5O4S/c1-3-25(35)31-21-14-13-20(17-24(21)38-2)34-27(26(32-29(34)39)22-7-4-5-15-30-22)23-8-6-16-33(23)19-11-9-18(10-12-19)28(36)37/h4-17,26-27H,3H2,1-2H3,(H,31,35)(H,32,39)(H,36,37)/t26-,27-/m1/s1. The summed E-state index contributed by atoms with van der Waals surface area (Å²) in [4.78, 5) is 30.0. The second-order valence-corrected chi connectivity index (χ2v) is 9.32. The summed E-state index contributed by atoms with van der Waals surface area (Å²) in [7, 11) is 1.56. The number of carbonyl (C=O) groups is 2. The van der Waals surface area contributed by atoms with Crippen molar-refractivity contribution in [1.82, 2.24) is 14.9 Å². The number of anilines is 2. The van der Waals surface area contributed by atoms with E-state index in [9.17, 15) is 14.7 Å². The van der Waals surface area contributed by atoms with E-state index >= 15 is 0 Å². The van der Waals surface area contributed by atoms with E-state index in [2.05, 4.69) is 15.6 Å². The van der Waals surface area contributed by atoms with Gasteiger partial charge in [-0.05, 0) is 72.9 Å². The molecule has 9 nitrogen and oxygen atoms in total. The molecule has 0 bridgehead atoms. The summed E-state index contributed by atoms with van der Waals surface area (Å²) in [6, 6.07) is 21.4. The van der Waals surface area contributed by atoms with Crippen LogP contribution in [0, 0.1) is 0 Å². The van der Waals surface area contributed by atoms with E-state index in [0.29, 0.717) is 23.0 Å². The summed E-state index contributed by atoms with van der Waals surface area (Å²) in [6.45, 7) is 1.79. The molecular formula is C29H27N5O4S. The number of methoxy groups -OCH3 is 1. The molecule has 1 saturated heterocycles. The Labute approximate surface area is 231 Å². The van der Waals surface area contributed by atoms with Crippen LogP contribution in [0.3, 0.4) is 0 Å². The van der Waals surface area contributed by atoms with Gasteiger partial charge in [-0.2, -0.15) is 0 Å². The molecule has 0 aliphatic carbocycles. The zero-order valence-corrected chi connectivity index (χ0v) is 22.2. The molecule has 10 heteroatoms. The number of pyridine rings is 1. The van der Waals surface area contributed by atoms with Crippen molar-refractivity contribution in [2.24, 2.45) is 0 Å². The van der Waals surface area contributed by atoms with Gasteiger partial charge in [0.1, 0.15) is 11.8 Å². The van der Waals surface area contributed by atoms with Crippen LogP contribution in [0.4, 0.5) is 11.4 Å². The second-order valence-electron chi connectivity index (χ2n) is 8.94. The third kappa shape index (κ3) is 5.06. The summed E-state index contributed by atoms with van der Waals surface area (Å²) in [5, 5.41) is 16.2. The van der Waals surface area contributed by atoms with E-state index in [-0.39, 0.29) is 23.6 Å². The van der Waals surface area contributed by atoms with Gasteiger partial charge in [-0.1, -0.05) is 13.0 Å². The monoisotopic (exact) mass is 541 g/mol. The number of aromatic nitrogens is 2. The van der Waals surface area contributed by atoms with Crippen LogP contribution in [0.25, 0.3) is 5.69 Å². The molecule has 5 rings (SSSR count). The van der Waals surface area contributed by atoms with Gasteiger partial charge in [0, 0.05) is 41.9 Å². The molecule has 4 aromatic rings. The van der Waals surface area contributed by atoms with Crippen molar-refractivity contribution in [1.29, 1.82) is 0 Å². The molecule has 2 aromatic carbocycles. The first kappa shape index (κ1) is 25.9. The third-order valence-corrected chi connectivity index (χ3v) is 6.95. The van der Waals surface area contributed by atoms with Gasteiger partial charge in [-0.15, -0.1) is 0 Å². The molecule has 1 fully saturated rings. The number of amides is 1. The minimum atomic E-state index is -0.978. The lowest BCUT2D eigenvalue weighted by molar-refractivity contribution is -0.115. The highest BCUT2D eigenvalue weighted by Crippen LogP contribution is 2.43. The number of benzene rings is 2. The molecule has 0 radical (unpaired) electrons. The number of hydrogen-bond donors (Lipinski definition) is 3. The summed E-state index contributed by atoms with van der Waals surface area (Å²) >= 11 is 5.86. The van der Waals surface area contributed by atoms with Crippen molar-refractivity contribution in [2.75, 3.05) is 17.3 Å². The van der Waals surface area contributed by atoms with Crippen molar-refractivity contribution in [3.63, 3.8) is 0 Å². The first-order valence-electron chi connectivity index (χ1n) is 12.4. The van der Waals surface area contributed by atoms with E-state index in [4.69, 9.17) is 17.0 Å². The number of ether oxygens (including phenoxy) is 1. The third-order valence-electron chi connectivity index (χ3n) is 6.63. The fourth-order valence-corrected chi connectivity index (χ4v) is 5.09. The van der Waals surface area contributed by atoms with E-state index < -0.39 is 5.97 Å². The summed E-state index contributed by atoms with van der Waals surface area (Å²) in [6.07, 6.45) is 4.03. The van der Waals surface area contributed by atoms with Gasteiger partial charge in [-0.3, -0.25) is 9.78 Å². The number of rotatable bonds is 8. The van der Waals surface area contributed by atoms with E-state index in [0.717, 1.165) is 22.8 Å². The highest BCUT2D eigenvalue weighted by atomic mass is 32.1. The lowest BCUT2D eigenvalue weighted by Gasteiger charge is -2.29. The predicted octanol–water partition coefficient (Wildman–Crippen LogP) is 5.10. The van der Waals surface area contributed by atoms with Gasteiger partial charge in [0.25, 0.3) is 0 Å². The molecule has 39 heavy (non-hydrogen) atoms. The Kier molecular flexibility index (Phi) is 7.29. The van der Waals surface area contributed by atoms with Crippen molar-refractivity contribution in [3.8, 4) is 11.4 Å². The predicted molar refractivity (Wildman–Crippen MR) is 153 cm³/mol. The van der Waals surface area contributed by atoms with Crippen LogP contribution in [0.15, 0.2) is 85.2 Å². The van der Waals surface area contributed by atoms with Crippen molar-refractivity contribution < 1.29 is 19.4 Å². The summed E-state index contributed by atoms with van der Waals surface area (Å²) in [5.74, 6) is -0.579. The molecule has 1 aliphatic rings. The molecule has 0 saturated carbocycles. The number of carbonyl (C=O) groups excluding carboxylic acids is 1. The van der Waals surface area contributed by atoms with Crippen LogP contribution in [-0.4, -0.2) is 38.8 Å². The number of carboxylic acid groups (broad SMARTS) is 1. The molecule has 1 aliphatic heterocycles. The molecule has 0 spiro atoms. The van der Waals surface area contributed by atoms with Crippen LogP contribution in [0.1, 0.15) is 47.2 Å². The van der Waals surface area contributed by atoms with Crippen LogP contribution in [-0.2, 0) is 4.79 Å². The smallest absolute Gasteiger partial charge is 0.335 e. The van der Waals surface area contributed by atoms with E-state index in [1.54, 1.807) is 50.6 Å². The molecule has 2 atom stereocenters. The maximum Gasteiger partial charge on any atom is 0.335 e. The normalized spacial score (nSPS) is 16.6. The Morgan fingerprint density at radius 2 is 1.85 bits per heavy atom. The van der Waals surface area contributed by atoms with Gasteiger partial charge in [0.05, 0.1) is 30.1 Å². The maximum absolute atomic E-state index is 12.0. The fourth-order valence-electron chi connectivity index (χ4n) is 4.74. The average Bonchev–Trinajstić information content (AvgIpc) is 3.58. The minimum Gasteiger partial charge on any atom is -0.494 e. The molecule has 3 N–H and O–H groups in total. The van der Waals surface area contributed by atoms with Crippen LogP contribution in [0.2, 0.25) is 0 Å². The maximum atomic E-state index is 12.0. The Morgan fingerprint density at radius 3 is 2.51 bits per heavy atom. The van der Waals surface area contributed by atoms with Gasteiger partial charge < -0.3 is 29.9 Å². The number of carboxylic acids is 1. The highest BCUT2D eigenvalue weighted by Gasteiger charge is 2.42. The second kappa shape index (κ2) is 11.0. The van der Waals surface area contributed by atoms with Gasteiger partial charge >= 0.3 is 5.97 Å². The highest BCUT2D eigenvalue weighted by molar-refractivity contribution is 7.80. The molecule has 0 unspecified atom stereocenters. The Morgan fingerprint density at radius 1 is 1.08 bits per heavy atom. The number of nitrogens with one attached hydrogen (secondary N) is 2. The average molecular weight is 542 g/mol. The van der Waals surface area contributed by atoms with Gasteiger partial charge in [0.15, 0.2) is 5.11 Å². The van der Waals surface area contributed by atoms with Crippen molar-refractivity contribution in [2.45, 2.75) is 25.4 Å². The first-order valence-corrected chi connectivity index (χ1v) is 12.8. The number of aromatic carboxylic acids is 1. The number of thiocarbonyl (C=S) groups is 1. The molecule has 3 heterocycles. The van der Waals surface area contributed by atoms with Crippen LogP contribution >= 0.6 is 12.2 Å². The molecule has 1 amide bonds. The number of nitrogens with zero attached hydrogens (tertiary/aromatic N) is 3. The van der Waals surface area contributed by atoms with E-state index in [1.807, 2.05) is 58.1 Å². The topological polar surface area (TPSA) is 109 Å². The lowest BCUT2D eigenvalue weighted by Crippen LogP contribution is -2.30. The zero-order valence-electron chi connectivity index (χ0n) is 21.4. The summed E-state index contributed by atoms with van der Waals surface area (Å²) < 4.78 is 7.63. The fraction of sp³-hybridized carbons (Fsp3) is 0.172. The Balaban J connectivity index is 1.61. The van der Waals surface area contributed by atoms with Crippen LogP contribution < -0.4 is 20.3 Å². The van der Waals surface area contributed by atoms with Crippen LogP contribution in [0.5, 0.6) is 5.75 Å². The van der Waals surface area contributed by atoms with E-state index in [1.165, 1.54) is 0 Å².